The Labute approximate surface area is 153 Å². The van der Waals surface area contributed by atoms with E-state index in [1.54, 1.807) is 0 Å². The van der Waals surface area contributed by atoms with Crippen molar-refractivity contribution >= 4 is 0 Å². The summed E-state index contributed by atoms with van der Waals surface area (Å²) in [7, 11) is 0. The quantitative estimate of drug-likeness (QED) is 0.856. The van der Waals surface area contributed by atoms with Crippen LogP contribution in [-0.2, 0) is 13.1 Å². The molecular weight excluding hydrogens is 332 g/mol. The molecule has 1 N–H and O–H groups in total. The summed E-state index contributed by atoms with van der Waals surface area (Å²) in [5, 5.41) is 9.50. The summed E-state index contributed by atoms with van der Waals surface area (Å²) in [4.78, 5) is 4.85. The minimum absolute atomic E-state index is 0.198. The molecule has 0 radical (unpaired) electrons. The van der Waals surface area contributed by atoms with Crippen LogP contribution in [0.5, 0.6) is 11.5 Å². The van der Waals surface area contributed by atoms with Crippen molar-refractivity contribution in [2.75, 3.05) is 33.0 Å². The normalized spacial score (nSPS) is 20.6. The third kappa shape index (κ3) is 3.72. The van der Waals surface area contributed by atoms with Gasteiger partial charge in [0.05, 0.1) is 6.54 Å². The van der Waals surface area contributed by atoms with Crippen molar-refractivity contribution in [1.29, 1.82) is 0 Å². The lowest BCUT2D eigenvalue weighted by Crippen LogP contribution is -2.52. The number of aliphatic hydroxyl groups is 1. The topological polar surface area (TPSA) is 58.3 Å². The fourth-order valence-electron chi connectivity index (χ4n) is 3.86. The van der Waals surface area contributed by atoms with Gasteiger partial charge in [0.15, 0.2) is 11.5 Å². The Hall–Kier alpha value is -2.02. The second kappa shape index (κ2) is 7.70. The highest BCUT2D eigenvalue weighted by Crippen LogP contribution is 2.36. The predicted octanol–water partition coefficient (Wildman–Crippen LogP) is 2.39. The Kier molecular flexibility index (Phi) is 5.15. The first kappa shape index (κ1) is 17.4. The summed E-state index contributed by atoms with van der Waals surface area (Å²) in [6.45, 7) is 6.95. The molecular formula is C20H26N2O4. The lowest BCUT2D eigenvalue weighted by molar-refractivity contribution is 0.0450. The van der Waals surface area contributed by atoms with E-state index >= 15 is 0 Å². The zero-order chi connectivity index (χ0) is 17.9. The third-order valence-corrected chi connectivity index (χ3v) is 5.18. The van der Waals surface area contributed by atoms with E-state index < -0.39 is 0 Å². The van der Waals surface area contributed by atoms with Crippen LogP contribution in [-0.4, -0.2) is 54.0 Å². The number of hydrogen-bond acceptors (Lipinski definition) is 6. The molecule has 1 aromatic carbocycles. The molecule has 0 unspecified atom stereocenters. The molecule has 1 saturated heterocycles. The number of fused-ring (bicyclic) bond motifs is 1. The first-order valence-corrected chi connectivity index (χ1v) is 9.23. The molecule has 2 aliphatic rings. The van der Waals surface area contributed by atoms with Crippen LogP contribution in [0.15, 0.2) is 34.7 Å². The maximum atomic E-state index is 9.50. The predicted molar refractivity (Wildman–Crippen MR) is 97.2 cm³/mol. The second-order valence-corrected chi connectivity index (χ2v) is 7.03. The molecule has 0 aliphatic carbocycles. The smallest absolute Gasteiger partial charge is 0.231 e. The Balaban J connectivity index is 1.42. The van der Waals surface area contributed by atoms with Crippen LogP contribution >= 0.6 is 0 Å². The molecule has 6 heteroatoms. The molecule has 0 saturated carbocycles. The summed E-state index contributed by atoms with van der Waals surface area (Å²) in [5.41, 5.74) is 1.16. The molecule has 1 fully saturated rings. The number of hydrogen-bond donors (Lipinski definition) is 1. The molecule has 1 aromatic heterocycles. The van der Waals surface area contributed by atoms with Crippen LogP contribution in [0.3, 0.4) is 0 Å². The highest BCUT2D eigenvalue weighted by atomic mass is 16.7. The maximum absolute atomic E-state index is 9.50. The Morgan fingerprint density at radius 3 is 2.85 bits per heavy atom. The van der Waals surface area contributed by atoms with E-state index in [4.69, 9.17) is 13.9 Å². The number of piperazine rings is 1. The number of furan rings is 1. The highest BCUT2D eigenvalue weighted by Gasteiger charge is 2.28. The minimum atomic E-state index is 0.198. The fourth-order valence-corrected chi connectivity index (χ4v) is 3.86. The Morgan fingerprint density at radius 2 is 2.04 bits per heavy atom. The SMILES string of the molecule is Cc1ccc(CN2CCN(Cc3cccc4c3OCO4)C[C@@H]2CCO)o1. The summed E-state index contributed by atoms with van der Waals surface area (Å²) >= 11 is 0. The largest absolute Gasteiger partial charge is 0.465 e. The van der Waals surface area contributed by atoms with E-state index in [0.717, 1.165) is 67.7 Å². The van der Waals surface area contributed by atoms with E-state index in [1.807, 2.05) is 31.2 Å². The number of aryl methyl sites for hydroxylation is 1. The van der Waals surface area contributed by atoms with Gasteiger partial charge in [-0.1, -0.05) is 12.1 Å². The summed E-state index contributed by atoms with van der Waals surface area (Å²) < 4.78 is 16.9. The van der Waals surface area contributed by atoms with Crippen molar-refractivity contribution in [2.24, 2.45) is 0 Å². The van der Waals surface area contributed by atoms with Crippen LogP contribution in [0.25, 0.3) is 0 Å². The van der Waals surface area contributed by atoms with Crippen molar-refractivity contribution in [3.05, 3.63) is 47.4 Å². The summed E-state index contributed by atoms with van der Waals surface area (Å²) in [6, 6.07) is 10.4. The number of benzene rings is 1. The van der Waals surface area contributed by atoms with Gasteiger partial charge in [0, 0.05) is 44.4 Å². The lowest BCUT2D eigenvalue weighted by Gasteiger charge is -2.41. The summed E-state index contributed by atoms with van der Waals surface area (Å²) in [6.07, 6.45) is 0.767. The van der Waals surface area contributed by atoms with E-state index in [2.05, 4.69) is 15.9 Å². The zero-order valence-electron chi connectivity index (χ0n) is 15.2. The van der Waals surface area contributed by atoms with Crippen LogP contribution in [0.4, 0.5) is 0 Å². The van der Waals surface area contributed by atoms with Crippen LogP contribution in [0.1, 0.15) is 23.5 Å². The van der Waals surface area contributed by atoms with Gasteiger partial charge in [0.2, 0.25) is 6.79 Å². The molecule has 0 bridgehead atoms. The van der Waals surface area contributed by atoms with Gasteiger partial charge in [0.25, 0.3) is 0 Å². The maximum Gasteiger partial charge on any atom is 0.231 e. The molecule has 3 heterocycles. The molecule has 26 heavy (non-hydrogen) atoms. The third-order valence-electron chi connectivity index (χ3n) is 5.18. The second-order valence-electron chi connectivity index (χ2n) is 7.03. The van der Waals surface area contributed by atoms with Crippen molar-refractivity contribution in [2.45, 2.75) is 32.5 Å². The molecule has 1 atom stereocenters. The molecule has 4 rings (SSSR count). The van der Waals surface area contributed by atoms with E-state index in [0.29, 0.717) is 12.8 Å². The van der Waals surface area contributed by atoms with Gasteiger partial charge in [-0.15, -0.1) is 0 Å². The van der Waals surface area contributed by atoms with Crippen molar-refractivity contribution in [1.82, 2.24) is 9.80 Å². The number of ether oxygens (including phenoxy) is 2. The molecule has 0 amide bonds. The number of para-hydroxylation sites is 1. The standard InChI is InChI=1S/C20H26N2O4/c1-15-5-6-18(26-15)13-22-9-8-21(12-17(22)7-10-23)11-16-3-2-4-19-20(16)25-14-24-19/h2-6,17,23H,7-14H2,1H3/t17-/m0/s1. The molecule has 2 aliphatic heterocycles. The van der Waals surface area contributed by atoms with Crippen LogP contribution < -0.4 is 9.47 Å². The van der Waals surface area contributed by atoms with E-state index in [-0.39, 0.29) is 6.61 Å². The first-order valence-electron chi connectivity index (χ1n) is 9.23. The Bertz CT molecular complexity index is 745. The zero-order valence-corrected chi connectivity index (χ0v) is 15.2. The van der Waals surface area contributed by atoms with E-state index in [9.17, 15) is 5.11 Å². The first-order chi connectivity index (χ1) is 12.7. The molecule has 140 valence electrons. The van der Waals surface area contributed by atoms with Gasteiger partial charge >= 0.3 is 0 Å². The van der Waals surface area contributed by atoms with Crippen molar-refractivity contribution < 1.29 is 19.0 Å². The summed E-state index contributed by atoms with van der Waals surface area (Å²) in [5.74, 6) is 3.64. The molecule has 6 nitrogen and oxygen atoms in total. The highest BCUT2D eigenvalue weighted by molar-refractivity contribution is 5.48. The fraction of sp³-hybridized carbons (Fsp3) is 0.500. The van der Waals surface area contributed by atoms with Crippen LogP contribution in [0.2, 0.25) is 0 Å². The van der Waals surface area contributed by atoms with Crippen molar-refractivity contribution in [3.63, 3.8) is 0 Å². The molecule has 0 spiro atoms. The van der Waals surface area contributed by atoms with Gasteiger partial charge < -0.3 is 19.0 Å². The monoisotopic (exact) mass is 358 g/mol. The van der Waals surface area contributed by atoms with Gasteiger partial charge in [-0.3, -0.25) is 9.80 Å². The van der Waals surface area contributed by atoms with Crippen LogP contribution in [0, 0.1) is 6.92 Å². The number of rotatable bonds is 6. The van der Waals surface area contributed by atoms with Gasteiger partial charge in [-0.25, -0.2) is 0 Å². The number of nitrogens with zero attached hydrogens (tertiary/aromatic N) is 2. The van der Waals surface area contributed by atoms with E-state index in [1.165, 1.54) is 0 Å². The minimum Gasteiger partial charge on any atom is -0.465 e. The molecule has 2 aromatic rings. The van der Waals surface area contributed by atoms with Crippen molar-refractivity contribution in [3.8, 4) is 11.5 Å². The Morgan fingerprint density at radius 1 is 1.12 bits per heavy atom. The van der Waals surface area contributed by atoms with Gasteiger partial charge in [0.1, 0.15) is 11.5 Å². The van der Waals surface area contributed by atoms with Gasteiger partial charge in [-0.2, -0.15) is 0 Å². The lowest BCUT2D eigenvalue weighted by atomic mass is 10.1. The average molecular weight is 358 g/mol. The number of aliphatic hydroxyl groups excluding tert-OH is 1. The average Bonchev–Trinajstić information content (AvgIpc) is 3.27. The van der Waals surface area contributed by atoms with Gasteiger partial charge in [-0.05, 0) is 31.5 Å².